The van der Waals surface area contributed by atoms with Crippen LogP contribution in [0.15, 0.2) is 18.2 Å². The molecular weight excluding hydrogens is 274 g/mol. The molecule has 1 fully saturated rings. The molecule has 1 aliphatic rings. The highest BCUT2D eigenvalue weighted by Crippen LogP contribution is 2.17. The molecule has 1 amide bonds. The summed E-state index contributed by atoms with van der Waals surface area (Å²) in [5.41, 5.74) is 0.376. The van der Waals surface area contributed by atoms with Crippen LogP contribution >= 0.6 is 11.6 Å². The van der Waals surface area contributed by atoms with Gasteiger partial charge in [-0.15, -0.1) is 0 Å². The topological polar surface area (TPSA) is 45.2 Å². The van der Waals surface area contributed by atoms with Crippen molar-refractivity contribution >= 4 is 17.5 Å². The van der Waals surface area contributed by atoms with Gasteiger partial charge in [-0.25, -0.2) is 4.98 Å². The van der Waals surface area contributed by atoms with Gasteiger partial charge in [-0.3, -0.25) is 9.69 Å². The van der Waals surface area contributed by atoms with Gasteiger partial charge < -0.3 is 5.32 Å². The second kappa shape index (κ2) is 7.04. The number of rotatable bonds is 5. The predicted molar refractivity (Wildman–Crippen MR) is 81.0 cm³/mol. The molecule has 0 radical (unpaired) electrons. The highest BCUT2D eigenvalue weighted by molar-refractivity contribution is 6.29. The van der Waals surface area contributed by atoms with Gasteiger partial charge in [-0.2, -0.15) is 0 Å². The Labute approximate surface area is 125 Å². The quantitative estimate of drug-likeness (QED) is 0.849. The summed E-state index contributed by atoms with van der Waals surface area (Å²) >= 11 is 5.81. The zero-order valence-corrected chi connectivity index (χ0v) is 12.9. The van der Waals surface area contributed by atoms with Crippen LogP contribution in [-0.4, -0.2) is 41.5 Å². The first-order valence-electron chi connectivity index (χ1n) is 7.22. The lowest BCUT2D eigenvalue weighted by Crippen LogP contribution is -2.45. The molecule has 2 heterocycles. The summed E-state index contributed by atoms with van der Waals surface area (Å²) in [4.78, 5) is 18.6. The van der Waals surface area contributed by atoms with Crippen molar-refractivity contribution in [2.75, 3.05) is 19.6 Å². The van der Waals surface area contributed by atoms with Gasteiger partial charge in [0.15, 0.2) is 0 Å². The standard InChI is InChI=1S/C15H22ClN3O/c1-11(2)13(19-8-3-4-9-19)10-17-15(20)12-6-5-7-14(16)18-12/h5-7,11,13H,3-4,8-10H2,1-2H3,(H,17,20). The maximum atomic E-state index is 12.1. The van der Waals surface area contributed by atoms with E-state index in [-0.39, 0.29) is 5.91 Å². The monoisotopic (exact) mass is 295 g/mol. The van der Waals surface area contributed by atoms with Crippen molar-refractivity contribution in [3.63, 3.8) is 0 Å². The fraction of sp³-hybridized carbons (Fsp3) is 0.600. The average molecular weight is 296 g/mol. The molecule has 1 saturated heterocycles. The molecule has 1 atom stereocenters. The molecular formula is C15H22ClN3O. The van der Waals surface area contributed by atoms with Gasteiger partial charge >= 0.3 is 0 Å². The van der Waals surface area contributed by atoms with E-state index in [0.717, 1.165) is 13.1 Å². The number of aromatic nitrogens is 1. The van der Waals surface area contributed by atoms with Crippen LogP contribution in [-0.2, 0) is 0 Å². The Morgan fingerprint density at radius 1 is 1.40 bits per heavy atom. The van der Waals surface area contributed by atoms with E-state index >= 15 is 0 Å². The molecule has 1 unspecified atom stereocenters. The average Bonchev–Trinajstić information content (AvgIpc) is 2.92. The molecule has 0 saturated carbocycles. The fourth-order valence-corrected chi connectivity index (χ4v) is 2.85. The summed E-state index contributed by atoms with van der Waals surface area (Å²) in [6.45, 7) is 7.33. The lowest BCUT2D eigenvalue weighted by Gasteiger charge is -2.30. The van der Waals surface area contributed by atoms with Gasteiger partial charge in [0, 0.05) is 12.6 Å². The lowest BCUT2D eigenvalue weighted by atomic mass is 10.0. The fourth-order valence-electron chi connectivity index (χ4n) is 2.68. The Balaban J connectivity index is 1.93. The number of hydrogen-bond donors (Lipinski definition) is 1. The summed E-state index contributed by atoms with van der Waals surface area (Å²) in [5, 5.41) is 3.33. The minimum absolute atomic E-state index is 0.155. The zero-order chi connectivity index (χ0) is 14.5. The van der Waals surface area contributed by atoms with Crippen molar-refractivity contribution in [1.82, 2.24) is 15.2 Å². The van der Waals surface area contributed by atoms with E-state index in [1.54, 1.807) is 18.2 Å². The van der Waals surface area contributed by atoms with Crippen molar-refractivity contribution in [1.29, 1.82) is 0 Å². The van der Waals surface area contributed by atoms with Gasteiger partial charge in [0.05, 0.1) is 0 Å². The third-order valence-corrected chi connectivity index (χ3v) is 4.01. The summed E-state index contributed by atoms with van der Waals surface area (Å²) < 4.78 is 0. The summed E-state index contributed by atoms with van der Waals surface area (Å²) in [5.74, 6) is 0.359. The van der Waals surface area contributed by atoms with E-state index in [1.165, 1.54) is 12.8 Å². The minimum atomic E-state index is -0.155. The zero-order valence-electron chi connectivity index (χ0n) is 12.1. The molecule has 1 N–H and O–H groups in total. The van der Waals surface area contributed by atoms with Crippen LogP contribution in [0, 0.1) is 5.92 Å². The van der Waals surface area contributed by atoms with Crippen LogP contribution in [0.4, 0.5) is 0 Å². The minimum Gasteiger partial charge on any atom is -0.349 e. The molecule has 0 spiro atoms. The van der Waals surface area contributed by atoms with E-state index in [2.05, 4.69) is 29.0 Å². The number of nitrogens with one attached hydrogen (secondary N) is 1. The number of pyridine rings is 1. The van der Waals surface area contributed by atoms with Crippen LogP contribution in [0.1, 0.15) is 37.2 Å². The van der Waals surface area contributed by atoms with Crippen molar-refractivity contribution < 1.29 is 4.79 Å². The van der Waals surface area contributed by atoms with Gasteiger partial charge in [0.1, 0.15) is 10.8 Å². The number of carbonyl (C=O) groups excluding carboxylic acids is 1. The second-order valence-corrected chi connectivity index (χ2v) is 6.00. The number of halogens is 1. The molecule has 110 valence electrons. The van der Waals surface area contributed by atoms with E-state index in [9.17, 15) is 4.79 Å². The molecule has 4 nitrogen and oxygen atoms in total. The maximum absolute atomic E-state index is 12.1. The number of nitrogens with zero attached hydrogens (tertiary/aromatic N) is 2. The van der Waals surface area contributed by atoms with E-state index in [4.69, 9.17) is 11.6 Å². The highest BCUT2D eigenvalue weighted by Gasteiger charge is 2.25. The van der Waals surface area contributed by atoms with E-state index in [1.807, 2.05) is 0 Å². The Morgan fingerprint density at radius 3 is 2.70 bits per heavy atom. The summed E-state index contributed by atoms with van der Waals surface area (Å²) in [6.07, 6.45) is 2.51. The van der Waals surface area contributed by atoms with E-state index < -0.39 is 0 Å². The summed E-state index contributed by atoms with van der Waals surface area (Å²) in [7, 11) is 0. The van der Waals surface area contributed by atoms with Crippen molar-refractivity contribution in [3.8, 4) is 0 Å². The molecule has 0 bridgehead atoms. The first-order chi connectivity index (χ1) is 9.58. The Morgan fingerprint density at radius 2 is 2.10 bits per heavy atom. The largest absolute Gasteiger partial charge is 0.349 e. The molecule has 0 aromatic carbocycles. The number of hydrogen-bond acceptors (Lipinski definition) is 3. The SMILES string of the molecule is CC(C)C(CNC(=O)c1cccc(Cl)n1)N1CCCC1. The molecule has 1 aliphatic heterocycles. The van der Waals surface area contributed by atoms with Crippen molar-refractivity contribution in [3.05, 3.63) is 29.0 Å². The highest BCUT2D eigenvalue weighted by atomic mass is 35.5. The van der Waals surface area contributed by atoms with Crippen molar-refractivity contribution in [2.45, 2.75) is 32.7 Å². The number of likely N-dealkylation sites (tertiary alicyclic amines) is 1. The predicted octanol–water partition coefficient (Wildman–Crippen LogP) is 2.59. The van der Waals surface area contributed by atoms with E-state index in [0.29, 0.717) is 29.4 Å². The van der Waals surface area contributed by atoms with Gasteiger partial charge in [0.25, 0.3) is 5.91 Å². The normalized spacial score (nSPS) is 17.4. The first-order valence-corrected chi connectivity index (χ1v) is 7.60. The summed E-state index contributed by atoms with van der Waals surface area (Å²) in [6, 6.07) is 5.48. The third kappa shape index (κ3) is 3.93. The third-order valence-electron chi connectivity index (χ3n) is 3.80. The van der Waals surface area contributed by atoms with Crippen molar-refractivity contribution in [2.24, 2.45) is 5.92 Å². The Hall–Kier alpha value is -1.13. The van der Waals surface area contributed by atoms with Crippen LogP contribution < -0.4 is 5.32 Å². The molecule has 0 aliphatic carbocycles. The van der Waals surface area contributed by atoms with Crippen LogP contribution in [0.2, 0.25) is 5.15 Å². The Bertz CT molecular complexity index is 458. The van der Waals surface area contributed by atoms with Crippen LogP contribution in [0.25, 0.3) is 0 Å². The lowest BCUT2D eigenvalue weighted by molar-refractivity contribution is 0.0922. The van der Waals surface area contributed by atoms with Crippen LogP contribution in [0.3, 0.4) is 0 Å². The maximum Gasteiger partial charge on any atom is 0.269 e. The molecule has 1 aromatic rings. The molecule has 20 heavy (non-hydrogen) atoms. The van der Waals surface area contributed by atoms with Gasteiger partial charge in [-0.05, 0) is 44.0 Å². The second-order valence-electron chi connectivity index (χ2n) is 5.61. The molecule has 5 heteroatoms. The smallest absolute Gasteiger partial charge is 0.269 e. The van der Waals surface area contributed by atoms with Gasteiger partial charge in [0.2, 0.25) is 0 Å². The Kier molecular flexibility index (Phi) is 5.38. The molecule has 2 rings (SSSR count). The molecule has 1 aromatic heterocycles. The van der Waals surface area contributed by atoms with Crippen LogP contribution in [0.5, 0.6) is 0 Å². The first kappa shape index (κ1) is 15.3. The number of amides is 1. The number of carbonyl (C=O) groups is 1. The van der Waals surface area contributed by atoms with Gasteiger partial charge in [-0.1, -0.05) is 31.5 Å².